The molecule has 0 bridgehead atoms. The Morgan fingerprint density at radius 3 is 2.43 bits per heavy atom. The molecule has 4 heteroatoms. The van der Waals surface area contributed by atoms with E-state index in [1.807, 2.05) is 42.5 Å². The Hall–Kier alpha value is -2.98. The minimum absolute atomic E-state index is 0.120. The summed E-state index contributed by atoms with van der Waals surface area (Å²) in [6, 6.07) is 21.9. The number of nitrogens with zero attached hydrogens (tertiary/aromatic N) is 1. The highest BCUT2D eigenvalue weighted by atomic mass is 32.1. The molecule has 0 spiro atoms. The van der Waals surface area contributed by atoms with E-state index in [2.05, 4.69) is 50.4 Å². The van der Waals surface area contributed by atoms with E-state index in [9.17, 15) is 4.79 Å². The molecule has 0 saturated heterocycles. The third-order valence-electron chi connectivity index (χ3n) is 4.79. The molecule has 0 aliphatic carbocycles. The lowest BCUT2D eigenvalue weighted by molar-refractivity contribution is 0.102. The summed E-state index contributed by atoms with van der Waals surface area (Å²) in [5.41, 5.74) is 4.34. The number of hydrogen-bond acceptors (Lipinski definition) is 3. The molecule has 3 nitrogen and oxygen atoms in total. The van der Waals surface area contributed by atoms with Crippen molar-refractivity contribution < 1.29 is 4.79 Å². The zero-order valence-electron chi connectivity index (χ0n) is 16.2. The van der Waals surface area contributed by atoms with Gasteiger partial charge in [-0.05, 0) is 54.8 Å². The summed E-state index contributed by atoms with van der Waals surface area (Å²) in [6.07, 6.45) is 0. The Morgan fingerprint density at radius 2 is 1.75 bits per heavy atom. The van der Waals surface area contributed by atoms with Gasteiger partial charge in [-0.2, -0.15) is 0 Å². The van der Waals surface area contributed by atoms with E-state index in [1.54, 1.807) is 11.3 Å². The van der Waals surface area contributed by atoms with Crippen LogP contribution in [0.5, 0.6) is 0 Å². The molecule has 0 unspecified atom stereocenters. The van der Waals surface area contributed by atoms with E-state index in [0.717, 1.165) is 27.2 Å². The van der Waals surface area contributed by atoms with Gasteiger partial charge in [0.1, 0.15) is 0 Å². The first-order valence-electron chi connectivity index (χ1n) is 9.39. The van der Waals surface area contributed by atoms with Crippen LogP contribution in [-0.2, 0) is 0 Å². The monoisotopic (exact) mass is 386 g/mol. The van der Waals surface area contributed by atoms with Crippen LogP contribution >= 0.6 is 11.3 Å². The Balaban J connectivity index is 1.73. The maximum atomic E-state index is 13.1. The second-order valence-electron chi connectivity index (χ2n) is 7.21. The normalized spacial score (nSPS) is 11.1. The van der Waals surface area contributed by atoms with Crippen LogP contribution in [0.2, 0.25) is 0 Å². The Bertz CT molecular complexity index is 1140. The SMILES string of the molecule is Cc1ccc(-c2cc(C(=O)Nc3ccc(C(C)C)cc3)c3ccccc3n2)s1. The first-order chi connectivity index (χ1) is 13.5. The number of anilines is 1. The number of carbonyl (C=O) groups excluding carboxylic acids is 1. The number of rotatable bonds is 4. The van der Waals surface area contributed by atoms with Gasteiger partial charge in [0.2, 0.25) is 0 Å². The lowest BCUT2D eigenvalue weighted by atomic mass is 10.0. The number of para-hydroxylation sites is 1. The topological polar surface area (TPSA) is 42.0 Å². The number of aromatic nitrogens is 1. The molecule has 1 amide bonds. The highest BCUT2D eigenvalue weighted by Gasteiger charge is 2.15. The number of thiophene rings is 1. The molecule has 1 N–H and O–H groups in total. The molecule has 0 saturated carbocycles. The van der Waals surface area contributed by atoms with Gasteiger partial charge < -0.3 is 5.32 Å². The maximum absolute atomic E-state index is 13.1. The molecular formula is C24H22N2OS. The molecule has 4 aromatic rings. The van der Waals surface area contributed by atoms with Gasteiger partial charge in [-0.15, -0.1) is 11.3 Å². The van der Waals surface area contributed by atoms with E-state index in [4.69, 9.17) is 4.98 Å². The minimum Gasteiger partial charge on any atom is -0.322 e. The summed E-state index contributed by atoms with van der Waals surface area (Å²) in [6.45, 7) is 6.39. The summed E-state index contributed by atoms with van der Waals surface area (Å²) < 4.78 is 0. The molecule has 0 aliphatic rings. The van der Waals surface area contributed by atoms with Crippen LogP contribution in [0.15, 0.2) is 66.7 Å². The molecule has 0 radical (unpaired) electrons. The highest BCUT2D eigenvalue weighted by Crippen LogP contribution is 2.30. The predicted octanol–water partition coefficient (Wildman–Crippen LogP) is 6.65. The van der Waals surface area contributed by atoms with Crippen molar-refractivity contribution in [3.8, 4) is 10.6 Å². The summed E-state index contributed by atoms with van der Waals surface area (Å²) in [5.74, 6) is 0.344. The van der Waals surface area contributed by atoms with Crippen molar-refractivity contribution >= 4 is 33.8 Å². The van der Waals surface area contributed by atoms with E-state index < -0.39 is 0 Å². The van der Waals surface area contributed by atoms with Crippen LogP contribution in [0.3, 0.4) is 0 Å². The highest BCUT2D eigenvalue weighted by molar-refractivity contribution is 7.15. The third kappa shape index (κ3) is 3.69. The zero-order valence-corrected chi connectivity index (χ0v) is 17.0. The maximum Gasteiger partial charge on any atom is 0.256 e. The van der Waals surface area contributed by atoms with Gasteiger partial charge in [-0.25, -0.2) is 4.98 Å². The average Bonchev–Trinajstić information content (AvgIpc) is 3.14. The fourth-order valence-electron chi connectivity index (χ4n) is 3.21. The van der Waals surface area contributed by atoms with Crippen LogP contribution in [-0.4, -0.2) is 10.9 Å². The van der Waals surface area contributed by atoms with Crippen molar-refractivity contribution in [3.05, 3.63) is 82.7 Å². The lowest BCUT2D eigenvalue weighted by Crippen LogP contribution is -2.13. The Morgan fingerprint density at radius 1 is 1.00 bits per heavy atom. The smallest absolute Gasteiger partial charge is 0.256 e. The number of fused-ring (bicyclic) bond motifs is 1. The van der Waals surface area contributed by atoms with E-state index in [0.29, 0.717) is 11.5 Å². The molecule has 28 heavy (non-hydrogen) atoms. The van der Waals surface area contributed by atoms with Gasteiger partial charge >= 0.3 is 0 Å². The minimum atomic E-state index is -0.120. The van der Waals surface area contributed by atoms with Gasteiger partial charge in [0.15, 0.2) is 0 Å². The van der Waals surface area contributed by atoms with Gasteiger partial charge in [-0.1, -0.05) is 44.2 Å². The van der Waals surface area contributed by atoms with Gasteiger partial charge in [-0.3, -0.25) is 4.79 Å². The number of carbonyl (C=O) groups is 1. The molecule has 0 aliphatic heterocycles. The number of aryl methyl sites for hydroxylation is 1. The zero-order chi connectivity index (χ0) is 19.7. The fourth-order valence-corrected chi connectivity index (χ4v) is 4.04. The molecule has 2 aromatic carbocycles. The summed E-state index contributed by atoms with van der Waals surface area (Å²) in [7, 11) is 0. The Kier molecular flexibility index (Phi) is 4.97. The molecular weight excluding hydrogens is 364 g/mol. The van der Waals surface area contributed by atoms with Crippen LogP contribution in [0.4, 0.5) is 5.69 Å². The third-order valence-corrected chi connectivity index (χ3v) is 5.81. The van der Waals surface area contributed by atoms with Crippen LogP contribution in [0.25, 0.3) is 21.5 Å². The largest absolute Gasteiger partial charge is 0.322 e. The molecule has 2 aromatic heterocycles. The number of benzene rings is 2. The second kappa shape index (κ2) is 7.56. The van der Waals surface area contributed by atoms with Crippen molar-refractivity contribution in [2.24, 2.45) is 0 Å². The number of nitrogens with one attached hydrogen (secondary N) is 1. The molecule has 140 valence electrons. The van der Waals surface area contributed by atoms with Gasteiger partial charge in [0.25, 0.3) is 5.91 Å². The number of amides is 1. The molecule has 0 atom stereocenters. The van der Waals surface area contributed by atoms with Crippen molar-refractivity contribution in [2.75, 3.05) is 5.32 Å². The van der Waals surface area contributed by atoms with Gasteiger partial charge in [0, 0.05) is 16.0 Å². The summed E-state index contributed by atoms with van der Waals surface area (Å²) >= 11 is 1.68. The van der Waals surface area contributed by atoms with E-state index >= 15 is 0 Å². The molecule has 4 rings (SSSR count). The lowest BCUT2D eigenvalue weighted by Gasteiger charge is -2.11. The quantitative estimate of drug-likeness (QED) is 0.427. The average molecular weight is 387 g/mol. The van der Waals surface area contributed by atoms with Crippen LogP contribution in [0, 0.1) is 6.92 Å². The first kappa shape index (κ1) is 18.4. The van der Waals surface area contributed by atoms with E-state index in [-0.39, 0.29) is 5.91 Å². The summed E-state index contributed by atoms with van der Waals surface area (Å²) in [4.78, 5) is 20.2. The number of hydrogen-bond donors (Lipinski definition) is 1. The standard InChI is InChI=1S/C24H22N2OS/c1-15(2)17-9-11-18(12-10-17)25-24(27)20-14-22(23-13-8-16(3)28-23)26-21-7-5-4-6-19(20)21/h4-15H,1-3H3,(H,25,27). The van der Waals surface area contributed by atoms with Crippen LogP contribution < -0.4 is 5.32 Å². The summed E-state index contributed by atoms with van der Waals surface area (Å²) in [5, 5.41) is 3.89. The van der Waals surface area contributed by atoms with Crippen LogP contribution in [0.1, 0.15) is 40.6 Å². The van der Waals surface area contributed by atoms with Crippen molar-refractivity contribution in [1.82, 2.24) is 4.98 Å². The second-order valence-corrected chi connectivity index (χ2v) is 8.50. The molecule has 0 fully saturated rings. The van der Waals surface area contributed by atoms with Crippen molar-refractivity contribution in [2.45, 2.75) is 26.7 Å². The van der Waals surface area contributed by atoms with Crippen molar-refractivity contribution in [3.63, 3.8) is 0 Å². The number of pyridine rings is 1. The predicted molar refractivity (Wildman–Crippen MR) is 118 cm³/mol. The fraction of sp³-hybridized carbons (Fsp3) is 0.167. The van der Waals surface area contributed by atoms with E-state index in [1.165, 1.54) is 10.4 Å². The van der Waals surface area contributed by atoms with Crippen molar-refractivity contribution in [1.29, 1.82) is 0 Å². The molecule has 2 heterocycles. The van der Waals surface area contributed by atoms with Gasteiger partial charge in [0.05, 0.1) is 21.7 Å². The Labute approximate surface area is 169 Å². The first-order valence-corrected chi connectivity index (χ1v) is 10.2.